The number of alkyl carbamates (subject to hydrolysis) is 1. The van der Waals surface area contributed by atoms with Crippen molar-refractivity contribution in [2.45, 2.75) is 46.3 Å². The molecule has 1 aromatic rings. The summed E-state index contributed by atoms with van der Waals surface area (Å²) in [6.07, 6.45) is 0.846. The fraction of sp³-hybridized carbons (Fsp3) is 0.562. The van der Waals surface area contributed by atoms with Crippen molar-refractivity contribution < 1.29 is 19.1 Å². The molecule has 1 heterocycles. The molecule has 1 rings (SSSR count). The van der Waals surface area contributed by atoms with Crippen LogP contribution in [0.5, 0.6) is 0 Å². The lowest BCUT2D eigenvalue weighted by Crippen LogP contribution is -2.37. The Morgan fingerprint density at radius 2 is 1.91 bits per heavy atom. The first-order valence-corrected chi connectivity index (χ1v) is 7.66. The van der Waals surface area contributed by atoms with Crippen LogP contribution in [-0.4, -0.2) is 29.8 Å². The van der Waals surface area contributed by atoms with Crippen molar-refractivity contribution in [3.63, 3.8) is 0 Å². The van der Waals surface area contributed by atoms with Crippen molar-refractivity contribution in [3.05, 3.63) is 28.5 Å². The van der Waals surface area contributed by atoms with Crippen LogP contribution in [0.25, 0.3) is 0 Å². The first-order chi connectivity index (χ1) is 10.5. The van der Waals surface area contributed by atoms with Crippen LogP contribution in [0.3, 0.4) is 0 Å². The van der Waals surface area contributed by atoms with Gasteiger partial charge in [0, 0.05) is 6.20 Å². The number of pyridine rings is 1. The van der Waals surface area contributed by atoms with Crippen LogP contribution in [0.2, 0.25) is 5.02 Å². The van der Waals surface area contributed by atoms with Crippen LogP contribution in [0.4, 0.5) is 4.79 Å². The van der Waals surface area contributed by atoms with E-state index in [9.17, 15) is 9.59 Å². The van der Waals surface area contributed by atoms with Crippen LogP contribution >= 0.6 is 11.6 Å². The Kier molecular flexibility index (Phi) is 6.38. The summed E-state index contributed by atoms with van der Waals surface area (Å²) in [5.41, 5.74) is -0.0126. The predicted molar refractivity (Wildman–Crippen MR) is 87.5 cm³/mol. The standard InChI is InChI=1S/C16H23ClN2O4/c1-9(2)12(19-15(21)23-16(3,4)5)13-11(14(20)22-6)7-10(17)8-18-13/h7-9,12H,1-6H3,(H,19,21). The Morgan fingerprint density at radius 3 is 2.39 bits per heavy atom. The van der Waals surface area contributed by atoms with E-state index in [1.807, 2.05) is 13.8 Å². The molecule has 0 aromatic carbocycles. The van der Waals surface area contributed by atoms with Gasteiger partial charge in [-0.1, -0.05) is 25.4 Å². The largest absolute Gasteiger partial charge is 0.465 e. The zero-order valence-corrected chi connectivity index (χ0v) is 15.0. The van der Waals surface area contributed by atoms with Gasteiger partial charge in [0.15, 0.2) is 0 Å². The van der Waals surface area contributed by atoms with Gasteiger partial charge < -0.3 is 14.8 Å². The third-order valence-electron chi connectivity index (χ3n) is 2.92. The molecule has 1 atom stereocenters. The minimum absolute atomic E-state index is 0.0281. The summed E-state index contributed by atoms with van der Waals surface area (Å²) >= 11 is 5.91. The molecule has 0 spiro atoms. The van der Waals surface area contributed by atoms with Crippen LogP contribution in [-0.2, 0) is 9.47 Å². The van der Waals surface area contributed by atoms with Crippen LogP contribution in [0, 0.1) is 5.92 Å². The molecule has 0 saturated carbocycles. The zero-order chi connectivity index (χ0) is 17.8. The maximum absolute atomic E-state index is 12.1. The highest BCUT2D eigenvalue weighted by Gasteiger charge is 2.28. The number of carbonyl (C=O) groups is 2. The third kappa shape index (κ3) is 5.71. The number of rotatable bonds is 4. The topological polar surface area (TPSA) is 77.5 Å². The first-order valence-electron chi connectivity index (χ1n) is 7.28. The molecule has 23 heavy (non-hydrogen) atoms. The third-order valence-corrected chi connectivity index (χ3v) is 3.13. The minimum Gasteiger partial charge on any atom is -0.465 e. The van der Waals surface area contributed by atoms with E-state index in [2.05, 4.69) is 10.3 Å². The van der Waals surface area contributed by atoms with E-state index in [-0.39, 0.29) is 11.5 Å². The van der Waals surface area contributed by atoms with Crippen molar-refractivity contribution in [1.82, 2.24) is 10.3 Å². The van der Waals surface area contributed by atoms with Gasteiger partial charge in [-0.3, -0.25) is 4.98 Å². The van der Waals surface area contributed by atoms with Gasteiger partial charge >= 0.3 is 12.1 Å². The van der Waals surface area contributed by atoms with Gasteiger partial charge in [-0.25, -0.2) is 9.59 Å². The highest BCUT2D eigenvalue weighted by molar-refractivity contribution is 6.30. The van der Waals surface area contributed by atoms with Gasteiger partial charge in [0.05, 0.1) is 29.4 Å². The molecule has 0 saturated heterocycles. The second-order valence-corrected chi connectivity index (χ2v) is 6.88. The molecular weight excluding hydrogens is 320 g/mol. The number of carbonyl (C=O) groups excluding carboxylic acids is 2. The molecule has 0 aliphatic heterocycles. The van der Waals surface area contributed by atoms with E-state index in [0.717, 1.165) is 0 Å². The van der Waals surface area contributed by atoms with E-state index in [1.54, 1.807) is 20.8 Å². The second kappa shape index (κ2) is 7.64. The molecular formula is C16H23ClN2O4. The lowest BCUT2D eigenvalue weighted by atomic mass is 9.97. The van der Waals surface area contributed by atoms with E-state index >= 15 is 0 Å². The number of esters is 1. The van der Waals surface area contributed by atoms with Crippen LogP contribution in [0.15, 0.2) is 12.3 Å². The van der Waals surface area contributed by atoms with Crippen LogP contribution in [0.1, 0.15) is 56.7 Å². The van der Waals surface area contributed by atoms with E-state index in [4.69, 9.17) is 21.1 Å². The average Bonchev–Trinajstić information content (AvgIpc) is 2.42. The fourth-order valence-corrected chi connectivity index (χ4v) is 2.11. The number of hydrogen-bond acceptors (Lipinski definition) is 5. The number of ether oxygens (including phenoxy) is 2. The summed E-state index contributed by atoms with van der Waals surface area (Å²) in [5, 5.41) is 3.07. The molecule has 0 aliphatic rings. The van der Waals surface area contributed by atoms with Gasteiger partial charge in [0.1, 0.15) is 5.60 Å². The number of aromatic nitrogens is 1. The highest BCUT2D eigenvalue weighted by Crippen LogP contribution is 2.26. The summed E-state index contributed by atoms with van der Waals surface area (Å²) in [6, 6.07) is 0.957. The van der Waals surface area contributed by atoms with E-state index in [0.29, 0.717) is 10.7 Å². The first kappa shape index (κ1) is 19.2. The summed E-state index contributed by atoms with van der Waals surface area (Å²) < 4.78 is 10.0. The number of methoxy groups -OCH3 is 1. The fourth-order valence-electron chi connectivity index (χ4n) is 1.96. The maximum Gasteiger partial charge on any atom is 0.408 e. The molecule has 0 bridgehead atoms. The minimum atomic E-state index is -0.621. The molecule has 1 N–H and O–H groups in total. The van der Waals surface area contributed by atoms with Gasteiger partial charge in [-0.05, 0) is 32.8 Å². The zero-order valence-electron chi connectivity index (χ0n) is 14.3. The Balaban J connectivity index is 3.16. The number of amides is 1. The molecule has 6 nitrogen and oxygen atoms in total. The predicted octanol–water partition coefficient (Wildman–Crippen LogP) is 3.74. The average molecular weight is 343 g/mol. The summed E-state index contributed by atoms with van der Waals surface area (Å²) in [5.74, 6) is -0.591. The van der Waals surface area contributed by atoms with Gasteiger partial charge in [-0.2, -0.15) is 0 Å². The highest BCUT2D eigenvalue weighted by atomic mass is 35.5. The van der Waals surface area contributed by atoms with Crippen molar-refractivity contribution >= 4 is 23.7 Å². The maximum atomic E-state index is 12.1. The lowest BCUT2D eigenvalue weighted by molar-refractivity contribution is 0.0481. The Hall–Kier alpha value is -1.82. The summed E-state index contributed by atoms with van der Waals surface area (Å²) in [4.78, 5) is 28.2. The van der Waals surface area contributed by atoms with Gasteiger partial charge in [0.2, 0.25) is 0 Å². The molecule has 7 heteroatoms. The molecule has 0 fully saturated rings. The number of hydrogen-bond donors (Lipinski definition) is 1. The smallest absolute Gasteiger partial charge is 0.408 e. The number of halogens is 1. The Labute approximate surface area is 141 Å². The molecule has 1 amide bonds. The van der Waals surface area contributed by atoms with Gasteiger partial charge in [0.25, 0.3) is 0 Å². The normalized spacial score (nSPS) is 12.7. The summed E-state index contributed by atoms with van der Waals surface area (Å²) in [6.45, 7) is 9.13. The molecule has 1 aromatic heterocycles. The Bertz CT molecular complexity index is 582. The van der Waals surface area contributed by atoms with Crippen molar-refractivity contribution in [3.8, 4) is 0 Å². The van der Waals surface area contributed by atoms with Crippen molar-refractivity contribution in [1.29, 1.82) is 0 Å². The van der Waals surface area contributed by atoms with Crippen LogP contribution < -0.4 is 5.32 Å². The summed E-state index contributed by atoms with van der Waals surface area (Å²) in [7, 11) is 1.28. The Morgan fingerprint density at radius 1 is 1.30 bits per heavy atom. The van der Waals surface area contributed by atoms with E-state index < -0.39 is 23.7 Å². The molecule has 0 aliphatic carbocycles. The van der Waals surface area contributed by atoms with Crippen molar-refractivity contribution in [2.75, 3.05) is 7.11 Å². The van der Waals surface area contributed by atoms with E-state index in [1.165, 1.54) is 19.4 Å². The number of nitrogens with one attached hydrogen (secondary N) is 1. The van der Waals surface area contributed by atoms with Gasteiger partial charge in [-0.15, -0.1) is 0 Å². The molecule has 1 unspecified atom stereocenters. The quantitative estimate of drug-likeness (QED) is 0.843. The second-order valence-electron chi connectivity index (χ2n) is 6.45. The monoisotopic (exact) mass is 342 g/mol. The SMILES string of the molecule is COC(=O)c1cc(Cl)cnc1C(NC(=O)OC(C)(C)C)C(C)C. The van der Waals surface area contributed by atoms with Crippen molar-refractivity contribution in [2.24, 2.45) is 5.92 Å². The molecule has 128 valence electrons. The molecule has 0 radical (unpaired) electrons. The number of nitrogens with zero attached hydrogens (tertiary/aromatic N) is 1. The lowest BCUT2D eigenvalue weighted by Gasteiger charge is -2.26.